The van der Waals surface area contributed by atoms with Gasteiger partial charge < -0.3 is 9.47 Å². The first kappa shape index (κ1) is 26.0. The lowest BCUT2D eigenvalue weighted by molar-refractivity contribution is -0.158. The molecule has 0 fully saturated rings. The molecule has 8 nitrogen and oxygen atoms in total. The molecule has 0 bridgehead atoms. The summed E-state index contributed by atoms with van der Waals surface area (Å²) in [5.41, 5.74) is -1.69. The Morgan fingerprint density at radius 3 is 1.77 bits per heavy atom. The number of hydrogen-bond donors (Lipinski definition) is 0. The van der Waals surface area contributed by atoms with Crippen LogP contribution in [0.4, 0.5) is 0 Å². The Bertz CT molecular complexity index is 618. The summed E-state index contributed by atoms with van der Waals surface area (Å²) in [6.07, 6.45) is 0. The molecule has 0 heterocycles. The van der Waals surface area contributed by atoms with Gasteiger partial charge in [-0.15, -0.1) is 0 Å². The average molecular weight is 431 g/mol. The maximum Gasteiger partial charge on any atom is 0.330 e. The van der Waals surface area contributed by atoms with Crippen molar-refractivity contribution in [1.29, 1.82) is 5.26 Å². The van der Waals surface area contributed by atoms with Gasteiger partial charge in [-0.25, -0.2) is 6.57 Å². The second kappa shape index (κ2) is 11.4. The SMILES string of the molecule is CCOC(=O)C(C)(Br)C(C)=O.[C-]#[N+]C(C#N)C(C)(C(C)=O)C(=O)OCC. The zero-order valence-corrected chi connectivity index (χ0v) is 17.3. The third-order valence-electron chi connectivity index (χ3n) is 3.55. The molecule has 0 aliphatic heterocycles. The van der Waals surface area contributed by atoms with Crippen LogP contribution in [0.15, 0.2) is 0 Å². The Hall–Kier alpha value is -2.26. The van der Waals surface area contributed by atoms with Crippen LogP contribution in [0.3, 0.4) is 0 Å². The van der Waals surface area contributed by atoms with Crippen LogP contribution in [-0.2, 0) is 28.7 Å². The highest BCUT2D eigenvalue weighted by Crippen LogP contribution is 2.27. The molecule has 26 heavy (non-hydrogen) atoms. The van der Waals surface area contributed by atoms with E-state index in [0.29, 0.717) is 0 Å². The van der Waals surface area contributed by atoms with Crippen molar-refractivity contribution in [3.05, 3.63) is 11.4 Å². The average Bonchev–Trinajstić information content (AvgIpc) is 2.56. The van der Waals surface area contributed by atoms with Gasteiger partial charge in [0.1, 0.15) is 0 Å². The molecule has 0 saturated heterocycles. The molecule has 9 heteroatoms. The normalized spacial score (nSPS) is 15.3. The number of nitrogens with zero attached hydrogens (tertiary/aromatic N) is 2. The molecular weight excluding hydrogens is 408 g/mol. The quantitative estimate of drug-likeness (QED) is 0.263. The van der Waals surface area contributed by atoms with Crippen molar-refractivity contribution in [2.45, 2.75) is 51.9 Å². The first-order valence-corrected chi connectivity index (χ1v) is 8.48. The summed E-state index contributed by atoms with van der Waals surface area (Å²) in [6, 6.07) is 0.298. The maximum atomic E-state index is 11.5. The molecule has 0 aromatic carbocycles. The van der Waals surface area contributed by atoms with Crippen molar-refractivity contribution in [2.75, 3.05) is 13.2 Å². The smallest absolute Gasteiger partial charge is 0.330 e. The fourth-order valence-corrected chi connectivity index (χ4v) is 1.54. The number of hydrogen-bond acceptors (Lipinski definition) is 7. The summed E-state index contributed by atoms with van der Waals surface area (Å²) in [6.45, 7) is 15.7. The van der Waals surface area contributed by atoms with Crippen LogP contribution in [0.5, 0.6) is 0 Å². The van der Waals surface area contributed by atoms with Gasteiger partial charge in [-0.05, 0) is 41.5 Å². The molecule has 0 aromatic heterocycles. The van der Waals surface area contributed by atoms with E-state index in [4.69, 9.17) is 16.6 Å². The summed E-state index contributed by atoms with van der Waals surface area (Å²) < 4.78 is 8.18. The van der Waals surface area contributed by atoms with Crippen LogP contribution < -0.4 is 0 Å². The van der Waals surface area contributed by atoms with E-state index >= 15 is 0 Å². The molecule has 0 rings (SSSR count). The van der Waals surface area contributed by atoms with Crippen LogP contribution in [0.25, 0.3) is 4.85 Å². The molecule has 0 saturated carbocycles. The van der Waals surface area contributed by atoms with Gasteiger partial charge in [0.2, 0.25) is 5.41 Å². The number of Topliss-reactive ketones (excluding diaryl/α,β-unsaturated/α-hetero) is 2. The topological polar surface area (TPSA) is 115 Å². The maximum absolute atomic E-state index is 11.5. The van der Waals surface area contributed by atoms with Gasteiger partial charge in [-0.3, -0.25) is 24.0 Å². The lowest BCUT2D eigenvalue weighted by Gasteiger charge is -2.21. The number of ketones is 2. The van der Waals surface area contributed by atoms with Gasteiger partial charge in [-0.2, -0.15) is 5.26 Å². The van der Waals surface area contributed by atoms with Crippen LogP contribution in [0.2, 0.25) is 0 Å². The van der Waals surface area contributed by atoms with Gasteiger partial charge in [0, 0.05) is 0 Å². The number of nitriles is 1. The van der Waals surface area contributed by atoms with Crippen molar-refractivity contribution in [2.24, 2.45) is 5.41 Å². The predicted octanol–water partition coefficient (Wildman–Crippen LogP) is 2.25. The van der Waals surface area contributed by atoms with Gasteiger partial charge >= 0.3 is 18.0 Å². The number of carbonyl (C=O) groups is 4. The van der Waals surface area contributed by atoms with E-state index in [1.54, 1.807) is 19.9 Å². The molecule has 0 aliphatic carbocycles. The van der Waals surface area contributed by atoms with E-state index in [1.807, 2.05) is 0 Å². The zero-order valence-electron chi connectivity index (χ0n) is 15.7. The van der Waals surface area contributed by atoms with Crippen molar-refractivity contribution >= 4 is 39.4 Å². The number of rotatable bonds is 7. The van der Waals surface area contributed by atoms with E-state index in [1.165, 1.54) is 27.7 Å². The Morgan fingerprint density at radius 1 is 1.08 bits per heavy atom. The molecule has 0 aliphatic rings. The molecule has 0 amide bonds. The highest BCUT2D eigenvalue weighted by molar-refractivity contribution is 9.10. The lowest BCUT2D eigenvalue weighted by Crippen LogP contribution is -2.44. The molecule has 0 spiro atoms. The van der Waals surface area contributed by atoms with Gasteiger partial charge in [0.25, 0.3) is 0 Å². The fraction of sp³-hybridized carbons (Fsp3) is 0.647. The van der Waals surface area contributed by atoms with Crippen LogP contribution >= 0.6 is 15.9 Å². The minimum Gasteiger partial charge on any atom is -0.465 e. The van der Waals surface area contributed by atoms with E-state index in [2.05, 4.69) is 25.5 Å². The number of halogens is 1. The lowest BCUT2D eigenvalue weighted by atomic mass is 9.79. The Kier molecular flexibility index (Phi) is 11.4. The first-order chi connectivity index (χ1) is 11.9. The summed E-state index contributed by atoms with van der Waals surface area (Å²) in [5.74, 6) is -2.15. The largest absolute Gasteiger partial charge is 0.465 e. The number of esters is 2. The molecular formula is C17H23BrN2O6. The second-order valence-electron chi connectivity index (χ2n) is 5.42. The van der Waals surface area contributed by atoms with Gasteiger partial charge in [0.15, 0.2) is 22.0 Å². The second-order valence-corrected chi connectivity index (χ2v) is 7.01. The van der Waals surface area contributed by atoms with Crippen molar-refractivity contribution in [1.82, 2.24) is 0 Å². The fourth-order valence-electron chi connectivity index (χ4n) is 1.43. The summed E-state index contributed by atoms with van der Waals surface area (Å²) in [5, 5.41) is 8.70. The molecule has 3 atom stereocenters. The number of ether oxygens (including phenoxy) is 2. The third-order valence-corrected chi connectivity index (χ3v) is 4.43. The first-order valence-electron chi connectivity index (χ1n) is 7.69. The molecule has 144 valence electrons. The minimum atomic E-state index is -1.69. The Balaban J connectivity index is 0. The van der Waals surface area contributed by atoms with Gasteiger partial charge in [0.05, 0.1) is 13.2 Å². The van der Waals surface area contributed by atoms with Crippen molar-refractivity contribution in [3.8, 4) is 6.07 Å². The monoisotopic (exact) mass is 430 g/mol. The summed E-state index contributed by atoms with van der Waals surface area (Å²) in [4.78, 5) is 47.7. The predicted molar refractivity (Wildman–Crippen MR) is 96.1 cm³/mol. The molecule has 0 aromatic rings. The zero-order chi connectivity index (χ0) is 21.1. The van der Waals surface area contributed by atoms with E-state index in [-0.39, 0.29) is 19.0 Å². The Morgan fingerprint density at radius 2 is 1.50 bits per heavy atom. The van der Waals surface area contributed by atoms with Crippen molar-refractivity contribution < 1.29 is 28.7 Å². The summed E-state index contributed by atoms with van der Waals surface area (Å²) >= 11 is 2.99. The van der Waals surface area contributed by atoms with E-state index in [9.17, 15) is 19.2 Å². The van der Waals surface area contributed by atoms with E-state index in [0.717, 1.165) is 0 Å². The van der Waals surface area contributed by atoms with E-state index < -0.39 is 33.5 Å². The number of alkyl halides is 1. The summed E-state index contributed by atoms with van der Waals surface area (Å²) in [7, 11) is 0. The Labute approximate surface area is 161 Å². The molecule has 3 unspecified atom stereocenters. The van der Waals surface area contributed by atoms with Gasteiger partial charge in [-0.1, -0.05) is 15.9 Å². The van der Waals surface area contributed by atoms with Crippen LogP contribution in [-0.4, -0.2) is 47.1 Å². The standard InChI is InChI=1S/C10H12N2O3.C7H11BrO3/c1-5-15-9(14)10(3,7(2)13)8(6-11)12-4;1-4-11-6(10)7(3,8)5(2)9/h8H,5H2,1-3H3;4H2,1-3H3. The highest BCUT2D eigenvalue weighted by atomic mass is 79.9. The third kappa shape index (κ3) is 6.57. The molecule has 0 radical (unpaired) electrons. The highest BCUT2D eigenvalue weighted by Gasteiger charge is 2.52. The number of carbonyl (C=O) groups excluding carboxylic acids is 4. The molecule has 0 N–H and O–H groups in total. The van der Waals surface area contributed by atoms with Crippen molar-refractivity contribution in [3.63, 3.8) is 0 Å². The minimum absolute atomic E-state index is 0.109. The van der Waals surface area contributed by atoms with Crippen LogP contribution in [0.1, 0.15) is 41.5 Å². The van der Waals surface area contributed by atoms with Crippen LogP contribution in [0, 0.1) is 23.3 Å².